The summed E-state index contributed by atoms with van der Waals surface area (Å²) in [7, 11) is -1.35. The Morgan fingerprint density at radius 1 is 0.949 bits per heavy atom. The fourth-order valence-electron chi connectivity index (χ4n) is 3.92. The third kappa shape index (κ3) is 7.05. The van der Waals surface area contributed by atoms with Gasteiger partial charge in [-0.15, -0.1) is 0 Å². The zero-order chi connectivity index (χ0) is 28.6. The van der Waals surface area contributed by atoms with Gasteiger partial charge in [-0.25, -0.2) is 12.8 Å². The minimum atomic E-state index is -4.22. The summed E-state index contributed by atoms with van der Waals surface area (Å²) in [5.41, 5.74) is 0.738. The van der Waals surface area contributed by atoms with Gasteiger partial charge in [-0.05, 0) is 55.8 Å². The molecule has 0 saturated carbocycles. The molecule has 39 heavy (non-hydrogen) atoms. The molecular weight excluding hydrogens is 525 g/mol. The Kier molecular flexibility index (Phi) is 9.89. The van der Waals surface area contributed by atoms with E-state index in [2.05, 4.69) is 5.32 Å². The third-order valence-electron chi connectivity index (χ3n) is 6.05. The van der Waals surface area contributed by atoms with Gasteiger partial charge in [-0.2, -0.15) is 0 Å². The predicted molar refractivity (Wildman–Crippen MR) is 146 cm³/mol. The lowest BCUT2D eigenvalue weighted by atomic mass is 10.1. The molecule has 3 aromatic rings. The fraction of sp³-hybridized carbons (Fsp3) is 0.286. The lowest BCUT2D eigenvalue weighted by Crippen LogP contribution is -2.51. The SMILES string of the molecule is CCNC(=O)[C@H](C)N(Cc1ccc(F)cc1)C(=O)CN(c1ccc(OC)c(OC)c1)S(=O)(=O)c1ccccc1. The molecular formula is C28H32FN3O6S. The van der Waals surface area contributed by atoms with Crippen molar-refractivity contribution < 1.29 is 31.9 Å². The second-order valence-electron chi connectivity index (χ2n) is 8.58. The molecule has 3 rings (SSSR count). The molecule has 2 amide bonds. The van der Waals surface area contributed by atoms with Crippen molar-refractivity contribution in [1.82, 2.24) is 10.2 Å². The van der Waals surface area contributed by atoms with Crippen LogP contribution in [0.25, 0.3) is 0 Å². The van der Waals surface area contributed by atoms with Crippen LogP contribution in [0.3, 0.4) is 0 Å². The van der Waals surface area contributed by atoms with Crippen molar-refractivity contribution in [3.63, 3.8) is 0 Å². The van der Waals surface area contributed by atoms with Crippen molar-refractivity contribution in [2.75, 3.05) is 31.6 Å². The smallest absolute Gasteiger partial charge is 0.264 e. The maximum absolute atomic E-state index is 13.8. The Bertz CT molecular complexity index is 1380. The number of benzene rings is 3. The van der Waals surface area contributed by atoms with Crippen LogP contribution in [0.5, 0.6) is 11.5 Å². The molecule has 0 radical (unpaired) electrons. The minimum absolute atomic E-state index is 0.0190. The van der Waals surface area contributed by atoms with E-state index >= 15 is 0 Å². The second kappa shape index (κ2) is 13.1. The number of nitrogens with one attached hydrogen (secondary N) is 1. The van der Waals surface area contributed by atoms with Crippen LogP contribution in [0.4, 0.5) is 10.1 Å². The summed E-state index contributed by atoms with van der Waals surface area (Å²) in [5, 5.41) is 2.69. The number of carbonyl (C=O) groups excluding carboxylic acids is 2. The van der Waals surface area contributed by atoms with Gasteiger partial charge in [0.05, 0.1) is 24.8 Å². The summed E-state index contributed by atoms with van der Waals surface area (Å²) in [6.45, 7) is 3.00. The number of anilines is 1. The highest BCUT2D eigenvalue weighted by Gasteiger charge is 2.32. The number of amides is 2. The zero-order valence-corrected chi connectivity index (χ0v) is 23.1. The van der Waals surface area contributed by atoms with Gasteiger partial charge in [0.1, 0.15) is 18.4 Å². The first-order chi connectivity index (χ1) is 18.6. The molecule has 3 aromatic carbocycles. The highest BCUT2D eigenvalue weighted by atomic mass is 32.2. The number of halogens is 1. The predicted octanol–water partition coefficient (Wildman–Crippen LogP) is 3.59. The molecule has 208 valence electrons. The number of nitrogens with zero attached hydrogens (tertiary/aromatic N) is 2. The van der Waals surface area contributed by atoms with E-state index in [-0.39, 0.29) is 22.9 Å². The Morgan fingerprint density at radius 3 is 2.18 bits per heavy atom. The monoisotopic (exact) mass is 557 g/mol. The number of methoxy groups -OCH3 is 2. The van der Waals surface area contributed by atoms with Crippen LogP contribution in [0.1, 0.15) is 19.4 Å². The van der Waals surface area contributed by atoms with Crippen LogP contribution in [0.15, 0.2) is 77.7 Å². The summed E-state index contributed by atoms with van der Waals surface area (Å²) >= 11 is 0. The number of hydrogen-bond acceptors (Lipinski definition) is 6. The molecule has 1 N–H and O–H groups in total. The number of hydrogen-bond donors (Lipinski definition) is 1. The van der Waals surface area contributed by atoms with E-state index in [0.717, 1.165) is 4.31 Å². The van der Waals surface area contributed by atoms with E-state index in [1.54, 1.807) is 38.1 Å². The van der Waals surface area contributed by atoms with E-state index in [0.29, 0.717) is 17.9 Å². The molecule has 0 aliphatic rings. The molecule has 0 bridgehead atoms. The molecule has 9 nitrogen and oxygen atoms in total. The topological polar surface area (TPSA) is 105 Å². The molecule has 0 heterocycles. The summed E-state index contributed by atoms with van der Waals surface area (Å²) in [4.78, 5) is 27.8. The molecule has 0 aliphatic carbocycles. The van der Waals surface area contributed by atoms with Gasteiger partial charge in [-0.1, -0.05) is 30.3 Å². The van der Waals surface area contributed by atoms with Gasteiger partial charge in [-0.3, -0.25) is 13.9 Å². The molecule has 0 saturated heterocycles. The van der Waals surface area contributed by atoms with Crippen molar-refractivity contribution in [3.05, 3.63) is 84.2 Å². The van der Waals surface area contributed by atoms with Crippen LogP contribution in [-0.4, -0.2) is 58.5 Å². The Balaban J connectivity index is 2.07. The highest BCUT2D eigenvalue weighted by Crippen LogP contribution is 2.34. The number of carbonyl (C=O) groups is 2. The largest absolute Gasteiger partial charge is 0.493 e. The van der Waals surface area contributed by atoms with Crippen molar-refractivity contribution in [2.45, 2.75) is 31.3 Å². The lowest BCUT2D eigenvalue weighted by molar-refractivity contribution is -0.139. The lowest BCUT2D eigenvalue weighted by Gasteiger charge is -2.32. The van der Waals surface area contributed by atoms with Gasteiger partial charge in [0, 0.05) is 19.2 Å². The quantitative estimate of drug-likeness (QED) is 0.365. The van der Waals surface area contributed by atoms with E-state index in [1.807, 2.05) is 0 Å². The maximum Gasteiger partial charge on any atom is 0.264 e. The normalized spacial score (nSPS) is 11.8. The minimum Gasteiger partial charge on any atom is -0.493 e. The first-order valence-electron chi connectivity index (χ1n) is 12.2. The van der Waals surface area contributed by atoms with E-state index < -0.39 is 40.2 Å². The number of ether oxygens (including phenoxy) is 2. The summed E-state index contributed by atoms with van der Waals surface area (Å²) < 4.78 is 52.7. The van der Waals surface area contributed by atoms with Crippen molar-refractivity contribution in [1.29, 1.82) is 0 Å². The van der Waals surface area contributed by atoms with Crippen LogP contribution in [-0.2, 0) is 26.2 Å². The van der Waals surface area contributed by atoms with Crippen LogP contribution >= 0.6 is 0 Å². The first kappa shape index (κ1) is 29.4. The van der Waals surface area contributed by atoms with E-state index in [4.69, 9.17) is 9.47 Å². The Morgan fingerprint density at radius 2 is 1.59 bits per heavy atom. The standard InChI is InChI=1S/C28H32FN3O6S/c1-5-30-28(34)20(2)31(18-21-11-13-22(29)14-12-21)27(33)19-32(39(35,36)24-9-7-6-8-10-24)23-15-16-25(37-3)26(17-23)38-4/h6-17,20H,5,18-19H2,1-4H3,(H,30,34)/t20-/m0/s1. The molecule has 0 fully saturated rings. The third-order valence-corrected chi connectivity index (χ3v) is 7.84. The van der Waals surface area contributed by atoms with Gasteiger partial charge < -0.3 is 19.7 Å². The molecule has 0 aromatic heterocycles. The van der Waals surface area contributed by atoms with Crippen LogP contribution in [0.2, 0.25) is 0 Å². The molecule has 0 spiro atoms. The highest BCUT2D eigenvalue weighted by molar-refractivity contribution is 7.92. The zero-order valence-electron chi connectivity index (χ0n) is 22.3. The second-order valence-corrected chi connectivity index (χ2v) is 10.4. The summed E-state index contributed by atoms with van der Waals surface area (Å²) in [5.74, 6) is -0.826. The number of sulfonamides is 1. The van der Waals surface area contributed by atoms with E-state index in [1.165, 1.54) is 67.7 Å². The van der Waals surface area contributed by atoms with Gasteiger partial charge in [0.15, 0.2) is 11.5 Å². The van der Waals surface area contributed by atoms with Crippen molar-refractivity contribution >= 4 is 27.5 Å². The Hall–Kier alpha value is -4.12. The summed E-state index contributed by atoms with van der Waals surface area (Å²) in [6, 6.07) is 16.8. The maximum atomic E-state index is 13.8. The van der Waals surface area contributed by atoms with E-state index in [9.17, 15) is 22.4 Å². The fourth-order valence-corrected chi connectivity index (χ4v) is 5.35. The molecule has 0 unspecified atom stereocenters. The van der Waals surface area contributed by atoms with Crippen molar-refractivity contribution in [3.8, 4) is 11.5 Å². The number of likely N-dealkylation sites (N-methyl/N-ethyl adjacent to an activating group) is 1. The molecule has 1 atom stereocenters. The number of rotatable bonds is 12. The van der Waals surface area contributed by atoms with Gasteiger partial charge in [0.25, 0.3) is 10.0 Å². The first-order valence-corrected chi connectivity index (χ1v) is 13.7. The Labute approximate surface area is 228 Å². The molecule has 0 aliphatic heterocycles. The van der Waals surface area contributed by atoms with Gasteiger partial charge in [0.2, 0.25) is 11.8 Å². The average molecular weight is 558 g/mol. The van der Waals surface area contributed by atoms with Crippen LogP contribution in [0, 0.1) is 5.82 Å². The average Bonchev–Trinajstić information content (AvgIpc) is 2.95. The van der Waals surface area contributed by atoms with Crippen LogP contribution < -0.4 is 19.1 Å². The summed E-state index contributed by atoms with van der Waals surface area (Å²) in [6.07, 6.45) is 0. The van der Waals surface area contributed by atoms with Gasteiger partial charge >= 0.3 is 0 Å². The van der Waals surface area contributed by atoms with Crippen molar-refractivity contribution in [2.24, 2.45) is 0 Å². The molecule has 11 heteroatoms.